The molecule has 18 heavy (non-hydrogen) atoms. The second-order valence-electron chi connectivity index (χ2n) is 5.67. The Balaban J connectivity index is 2.22. The summed E-state index contributed by atoms with van der Waals surface area (Å²) in [6, 6.07) is 5.06. The van der Waals surface area contributed by atoms with Crippen LogP contribution in [0.5, 0.6) is 0 Å². The van der Waals surface area contributed by atoms with Gasteiger partial charge in [-0.2, -0.15) is 0 Å². The standard InChI is InChI=1S/C15H28N2S/c1-12(2)11-17(13(3)4)9-8-16-10-15-7-6-14(5)18-15/h6-7,12-13,16H,8-11H2,1-5H3. The van der Waals surface area contributed by atoms with Crippen LogP contribution in [0.25, 0.3) is 0 Å². The Morgan fingerprint density at radius 1 is 1.22 bits per heavy atom. The number of rotatable bonds is 8. The zero-order valence-electron chi connectivity index (χ0n) is 12.5. The molecule has 0 saturated carbocycles. The van der Waals surface area contributed by atoms with Gasteiger partial charge in [0.25, 0.3) is 0 Å². The molecule has 0 aliphatic carbocycles. The van der Waals surface area contributed by atoms with Crippen molar-refractivity contribution < 1.29 is 0 Å². The number of nitrogens with one attached hydrogen (secondary N) is 1. The zero-order chi connectivity index (χ0) is 13.5. The molecule has 0 fully saturated rings. The molecule has 0 bridgehead atoms. The maximum Gasteiger partial charge on any atom is 0.0300 e. The van der Waals surface area contributed by atoms with Crippen molar-refractivity contribution in [3.63, 3.8) is 0 Å². The van der Waals surface area contributed by atoms with Gasteiger partial charge in [0.15, 0.2) is 0 Å². The minimum absolute atomic E-state index is 0.637. The van der Waals surface area contributed by atoms with Crippen LogP contribution in [-0.2, 0) is 6.54 Å². The third-order valence-electron chi connectivity index (χ3n) is 3.00. The van der Waals surface area contributed by atoms with Crippen molar-refractivity contribution in [1.29, 1.82) is 0 Å². The lowest BCUT2D eigenvalue weighted by Crippen LogP contribution is -2.39. The smallest absolute Gasteiger partial charge is 0.0300 e. The van der Waals surface area contributed by atoms with Gasteiger partial charge in [0.2, 0.25) is 0 Å². The predicted molar refractivity (Wildman–Crippen MR) is 82.3 cm³/mol. The molecule has 3 heteroatoms. The highest BCUT2D eigenvalue weighted by Gasteiger charge is 2.10. The fourth-order valence-corrected chi connectivity index (χ4v) is 2.90. The van der Waals surface area contributed by atoms with E-state index in [4.69, 9.17) is 0 Å². The summed E-state index contributed by atoms with van der Waals surface area (Å²) in [5.74, 6) is 0.743. The van der Waals surface area contributed by atoms with Crippen molar-refractivity contribution in [1.82, 2.24) is 10.2 Å². The highest BCUT2D eigenvalue weighted by molar-refractivity contribution is 7.11. The van der Waals surface area contributed by atoms with E-state index in [1.165, 1.54) is 16.3 Å². The van der Waals surface area contributed by atoms with Crippen molar-refractivity contribution in [2.75, 3.05) is 19.6 Å². The molecule has 0 amide bonds. The van der Waals surface area contributed by atoms with Crippen molar-refractivity contribution in [3.05, 3.63) is 21.9 Å². The van der Waals surface area contributed by atoms with Gasteiger partial charge in [0.1, 0.15) is 0 Å². The van der Waals surface area contributed by atoms with Crippen LogP contribution in [0.1, 0.15) is 37.4 Å². The summed E-state index contributed by atoms with van der Waals surface area (Å²) in [6.07, 6.45) is 0. The van der Waals surface area contributed by atoms with E-state index < -0.39 is 0 Å². The first-order chi connectivity index (χ1) is 8.49. The molecule has 1 rings (SSSR count). The van der Waals surface area contributed by atoms with E-state index in [1.807, 2.05) is 11.3 Å². The Morgan fingerprint density at radius 2 is 1.94 bits per heavy atom. The van der Waals surface area contributed by atoms with E-state index >= 15 is 0 Å². The molecular formula is C15H28N2S. The third-order valence-corrected chi connectivity index (χ3v) is 4.00. The van der Waals surface area contributed by atoms with Crippen molar-refractivity contribution in [3.8, 4) is 0 Å². The van der Waals surface area contributed by atoms with Gasteiger partial charge in [-0.15, -0.1) is 11.3 Å². The van der Waals surface area contributed by atoms with Gasteiger partial charge >= 0.3 is 0 Å². The number of hydrogen-bond acceptors (Lipinski definition) is 3. The van der Waals surface area contributed by atoms with E-state index in [0.29, 0.717) is 6.04 Å². The first-order valence-corrected chi connectivity index (χ1v) is 7.80. The maximum absolute atomic E-state index is 3.54. The summed E-state index contributed by atoms with van der Waals surface area (Å²) in [5, 5.41) is 3.54. The minimum Gasteiger partial charge on any atom is -0.311 e. The van der Waals surface area contributed by atoms with Gasteiger partial charge in [-0.3, -0.25) is 4.90 Å². The molecule has 0 spiro atoms. The Kier molecular flexibility index (Phi) is 6.90. The lowest BCUT2D eigenvalue weighted by Gasteiger charge is -2.28. The Morgan fingerprint density at radius 3 is 2.44 bits per heavy atom. The van der Waals surface area contributed by atoms with Crippen LogP contribution >= 0.6 is 11.3 Å². The zero-order valence-corrected chi connectivity index (χ0v) is 13.3. The molecule has 0 unspecified atom stereocenters. The van der Waals surface area contributed by atoms with E-state index in [0.717, 1.165) is 25.6 Å². The van der Waals surface area contributed by atoms with E-state index in [-0.39, 0.29) is 0 Å². The fraction of sp³-hybridized carbons (Fsp3) is 0.733. The average Bonchev–Trinajstić information content (AvgIpc) is 2.68. The molecule has 1 heterocycles. The van der Waals surface area contributed by atoms with Crippen LogP contribution in [0.2, 0.25) is 0 Å². The third kappa shape index (κ3) is 5.98. The predicted octanol–water partition coefficient (Wildman–Crippen LogP) is 3.51. The summed E-state index contributed by atoms with van der Waals surface area (Å²) < 4.78 is 0. The van der Waals surface area contributed by atoms with Gasteiger partial charge < -0.3 is 5.32 Å². The number of nitrogens with zero attached hydrogens (tertiary/aromatic N) is 1. The average molecular weight is 268 g/mol. The van der Waals surface area contributed by atoms with Gasteiger partial charge in [-0.1, -0.05) is 13.8 Å². The molecule has 0 atom stereocenters. The molecular weight excluding hydrogens is 240 g/mol. The van der Waals surface area contributed by atoms with Crippen LogP contribution in [0, 0.1) is 12.8 Å². The van der Waals surface area contributed by atoms with Gasteiger partial charge in [0.05, 0.1) is 0 Å². The largest absolute Gasteiger partial charge is 0.311 e. The molecule has 0 aromatic carbocycles. The quantitative estimate of drug-likeness (QED) is 0.726. The fourth-order valence-electron chi connectivity index (χ4n) is 2.04. The topological polar surface area (TPSA) is 15.3 Å². The van der Waals surface area contributed by atoms with Gasteiger partial charge in [-0.05, 0) is 38.8 Å². The van der Waals surface area contributed by atoms with E-state index in [2.05, 4.69) is 57.0 Å². The highest BCUT2D eigenvalue weighted by atomic mass is 32.1. The summed E-state index contributed by atoms with van der Waals surface area (Å²) in [5.41, 5.74) is 0. The van der Waals surface area contributed by atoms with Crippen LogP contribution < -0.4 is 5.32 Å². The van der Waals surface area contributed by atoms with Crippen molar-refractivity contribution >= 4 is 11.3 Å². The maximum atomic E-state index is 3.54. The van der Waals surface area contributed by atoms with Crippen molar-refractivity contribution in [2.45, 2.75) is 47.2 Å². The lowest BCUT2D eigenvalue weighted by atomic mass is 10.2. The summed E-state index contributed by atoms with van der Waals surface area (Å²) in [6.45, 7) is 15.7. The number of hydrogen-bond donors (Lipinski definition) is 1. The summed E-state index contributed by atoms with van der Waals surface area (Å²) in [7, 11) is 0. The number of aryl methyl sites for hydroxylation is 1. The lowest BCUT2D eigenvalue weighted by molar-refractivity contribution is 0.198. The van der Waals surface area contributed by atoms with E-state index in [9.17, 15) is 0 Å². The Labute approximate surface area is 116 Å². The molecule has 104 valence electrons. The van der Waals surface area contributed by atoms with E-state index in [1.54, 1.807) is 0 Å². The van der Waals surface area contributed by atoms with Gasteiger partial charge in [0, 0.05) is 42.0 Å². The van der Waals surface area contributed by atoms with Crippen LogP contribution in [0.15, 0.2) is 12.1 Å². The Hall–Kier alpha value is -0.380. The minimum atomic E-state index is 0.637. The molecule has 1 N–H and O–H groups in total. The molecule has 0 saturated heterocycles. The van der Waals surface area contributed by atoms with Crippen LogP contribution in [0.3, 0.4) is 0 Å². The molecule has 1 aromatic rings. The molecule has 0 aliphatic heterocycles. The molecule has 0 aliphatic rings. The van der Waals surface area contributed by atoms with Gasteiger partial charge in [-0.25, -0.2) is 0 Å². The van der Waals surface area contributed by atoms with Crippen LogP contribution in [0.4, 0.5) is 0 Å². The second-order valence-corrected chi connectivity index (χ2v) is 7.04. The summed E-state index contributed by atoms with van der Waals surface area (Å²) >= 11 is 1.89. The van der Waals surface area contributed by atoms with Crippen molar-refractivity contribution in [2.24, 2.45) is 5.92 Å². The first kappa shape index (κ1) is 15.7. The Bertz CT molecular complexity index is 331. The molecule has 0 radical (unpaired) electrons. The molecule has 2 nitrogen and oxygen atoms in total. The molecule has 1 aromatic heterocycles. The normalized spacial score (nSPS) is 12.0. The first-order valence-electron chi connectivity index (χ1n) is 6.99. The summed E-state index contributed by atoms with van der Waals surface area (Å²) in [4.78, 5) is 5.39. The number of thiophene rings is 1. The monoisotopic (exact) mass is 268 g/mol. The SMILES string of the molecule is Cc1ccc(CNCCN(CC(C)C)C(C)C)s1. The highest BCUT2D eigenvalue weighted by Crippen LogP contribution is 2.14. The second kappa shape index (κ2) is 7.93. The van der Waals surface area contributed by atoms with Crippen LogP contribution in [-0.4, -0.2) is 30.6 Å².